The molecule has 0 saturated heterocycles. The molecule has 0 aliphatic heterocycles. The third kappa shape index (κ3) is 2.20. The van der Waals surface area contributed by atoms with Crippen molar-refractivity contribution in [3.8, 4) is 6.07 Å². The van der Waals surface area contributed by atoms with Gasteiger partial charge in [0.2, 0.25) is 0 Å². The van der Waals surface area contributed by atoms with Crippen LogP contribution >= 0.6 is 0 Å². The molecule has 0 aliphatic carbocycles. The molecule has 8 heavy (non-hydrogen) atoms. The highest BCUT2D eigenvalue weighted by Crippen LogP contribution is 2.03. The van der Waals surface area contributed by atoms with Gasteiger partial charge >= 0.3 is 0 Å². The van der Waals surface area contributed by atoms with Crippen molar-refractivity contribution in [1.82, 2.24) is 0 Å². The van der Waals surface area contributed by atoms with Gasteiger partial charge in [0.15, 0.2) is 0 Å². The Bertz CT molecular complexity index is 119. The van der Waals surface area contributed by atoms with E-state index in [9.17, 15) is 0 Å². The van der Waals surface area contributed by atoms with Crippen LogP contribution in [0.3, 0.4) is 0 Å². The Kier molecular flexibility index (Phi) is 3.60. The molecule has 1 radical (unpaired) electrons. The third-order valence-electron chi connectivity index (χ3n) is 0.754. The Morgan fingerprint density at radius 1 is 1.62 bits per heavy atom. The van der Waals surface area contributed by atoms with Gasteiger partial charge in [0.05, 0.1) is 6.07 Å². The Hall–Kier alpha value is -1.03. The summed E-state index contributed by atoms with van der Waals surface area (Å²) < 4.78 is 0. The number of hydrogen-bond donors (Lipinski definition) is 0. The molecule has 0 saturated carbocycles. The molecule has 0 spiro atoms. The van der Waals surface area contributed by atoms with Gasteiger partial charge in [-0.3, -0.25) is 0 Å². The van der Waals surface area contributed by atoms with Crippen LogP contribution in [0.15, 0.2) is 25.3 Å². The Labute approximate surface area is 49.9 Å². The summed E-state index contributed by atoms with van der Waals surface area (Å²) in [5, 5.41) is 8.25. The first kappa shape index (κ1) is 6.97. The Balaban J connectivity index is 3.56. The van der Waals surface area contributed by atoms with E-state index in [0.717, 1.165) is 0 Å². The molecule has 0 heterocycles. The minimum absolute atomic E-state index is 0.625. The maximum absolute atomic E-state index is 8.25. The maximum atomic E-state index is 8.25. The molecule has 0 atom stereocenters. The summed E-state index contributed by atoms with van der Waals surface area (Å²) in [5.74, 6) is 0.667. The van der Waals surface area contributed by atoms with Gasteiger partial charge in [0.1, 0.15) is 5.92 Å². The lowest BCUT2D eigenvalue weighted by Gasteiger charge is -1.90. The first-order chi connectivity index (χ1) is 3.85. The van der Waals surface area contributed by atoms with Gasteiger partial charge in [-0.1, -0.05) is 12.2 Å². The molecule has 0 unspecified atom stereocenters. The summed E-state index contributed by atoms with van der Waals surface area (Å²) >= 11 is 0. The van der Waals surface area contributed by atoms with E-state index in [-0.39, 0.29) is 0 Å². The summed E-state index contributed by atoms with van der Waals surface area (Å²) in [7, 11) is 0. The fraction of sp³-hybridized carbons (Fsp3) is 0.143. The summed E-state index contributed by atoms with van der Waals surface area (Å²) in [6.07, 6.45) is 3.85. The van der Waals surface area contributed by atoms with Gasteiger partial charge < -0.3 is 0 Å². The summed E-state index contributed by atoms with van der Waals surface area (Å²) in [4.78, 5) is 0. The molecule has 0 N–H and O–H groups in total. The zero-order chi connectivity index (χ0) is 6.41. The number of hydrogen-bond acceptors (Lipinski definition) is 1. The van der Waals surface area contributed by atoms with Crippen molar-refractivity contribution in [2.75, 3.05) is 0 Å². The lowest BCUT2D eigenvalue weighted by Crippen LogP contribution is -1.82. The van der Waals surface area contributed by atoms with Gasteiger partial charge in [-0.25, -0.2) is 0 Å². The Morgan fingerprint density at radius 3 is 2.38 bits per heavy atom. The van der Waals surface area contributed by atoms with Crippen molar-refractivity contribution in [1.29, 1.82) is 5.26 Å². The standard InChI is InChI=1S/C7H8N/c1-3-5-7(4-2)6-8/h3-4H,1-2,5H2. The van der Waals surface area contributed by atoms with Crippen LogP contribution in [0.4, 0.5) is 0 Å². The smallest absolute Gasteiger partial charge is 0.101 e. The minimum atomic E-state index is 0.625. The van der Waals surface area contributed by atoms with Gasteiger partial charge in [0, 0.05) is 0 Å². The van der Waals surface area contributed by atoms with Gasteiger partial charge in [0.25, 0.3) is 0 Å². The molecule has 0 amide bonds. The van der Waals surface area contributed by atoms with E-state index < -0.39 is 0 Å². The second-order valence-electron chi connectivity index (χ2n) is 1.33. The SMILES string of the molecule is C=CC[C](C#N)C=C. The molecule has 0 aromatic rings. The molecule has 0 aromatic carbocycles. The van der Waals surface area contributed by atoms with E-state index in [1.165, 1.54) is 0 Å². The monoisotopic (exact) mass is 106 g/mol. The molecule has 0 aliphatic rings. The van der Waals surface area contributed by atoms with Gasteiger partial charge in [-0.05, 0) is 6.42 Å². The molecular weight excluding hydrogens is 98.1 g/mol. The number of rotatable bonds is 3. The topological polar surface area (TPSA) is 23.8 Å². The van der Waals surface area contributed by atoms with E-state index in [1.54, 1.807) is 12.2 Å². The predicted octanol–water partition coefficient (Wildman–Crippen LogP) is 1.85. The lowest BCUT2D eigenvalue weighted by molar-refractivity contribution is 1.16. The predicted molar refractivity (Wildman–Crippen MR) is 33.9 cm³/mol. The van der Waals surface area contributed by atoms with Crippen LogP contribution in [0.2, 0.25) is 0 Å². The molecule has 41 valence electrons. The second-order valence-corrected chi connectivity index (χ2v) is 1.33. The average molecular weight is 106 g/mol. The molecular formula is C7H8N. The zero-order valence-corrected chi connectivity index (χ0v) is 4.72. The summed E-state index contributed by atoms with van der Waals surface area (Å²) in [5.41, 5.74) is 0. The third-order valence-corrected chi connectivity index (χ3v) is 0.754. The van der Waals surface area contributed by atoms with Crippen molar-refractivity contribution in [2.24, 2.45) is 0 Å². The second kappa shape index (κ2) is 4.14. The average Bonchev–Trinajstić information content (AvgIpc) is 1.83. The largest absolute Gasteiger partial charge is 0.197 e. The van der Waals surface area contributed by atoms with Crippen molar-refractivity contribution >= 4 is 0 Å². The van der Waals surface area contributed by atoms with Crippen LogP contribution in [-0.4, -0.2) is 0 Å². The zero-order valence-electron chi connectivity index (χ0n) is 4.72. The highest BCUT2D eigenvalue weighted by molar-refractivity contribution is 5.24. The van der Waals surface area contributed by atoms with Crippen LogP contribution in [0, 0.1) is 17.2 Å². The van der Waals surface area contributed by atoms with Crippen LogP contribution in [0.5, 0.6) is 0 Å². The van der Waals surface area contributed by atoms with E-state index in [0.29, 0.717) is 12.3 Å². The molecule has 0 bridgehead atoms. The number of nitriles is 1. The molecule has 1 nitrogen and oxygen atoms in total. The van der Waals surface area contributed by atoms with Gasteiger partial charge in [-0.15, -0.1) is 13.2 Å². The highest BCUT2D eigenvalue weighted by Gasteiger charge is 1.96. The van der Waals surface area contributed by atoms with Crippen LogP contribution in [-0.2, 0) is 0 Å². The normalized spacial score (nSPS) is 8.00. The fourth-order valence-electron chi connectivity index (χ4n) is 0.330. The van der Waals surface area contributed by atoms with Crippen molar-refractivity contribution in [3.63, 3.8) is 0 Å². The summed E-state index contributed by atoms with van der Waals surface area (Å²) in [6.45, 7) is 6.92. The molecule has 0 aromatic heterocycles. The minimum Gasteiger partial charge on any atom is -0.197 e. The van der Waals surface area contributed by atoms with Crippen molar-refractivity contribution in [2.45, 2.75) is 6.42 Å². The van der Waals surface area contributed by atoms with Crippen molar-refractivity contribution < 1.29 is 0 Å². The quantitative estimate of drug-likeness (QED) is 0.503. The summed E-state index contributed by atoms with van der Waals surface area (Å²) in [6, 6.07) is 1.98. The van der Waals surface area contributed by atoms with Crippen LogP contribution in [0.25, 0.3) is 0 Å². The molecule has 0 rings (SSSR count). The fourth-order valence-corrected chi connectivity index (χ4v) is 0.330. The van der Waals surface area contributed by atoms with Crippen LogP contribution in [0.1, 0.15) is 6.42 Å². The Morgan fingerprint density at radius 2 is 2.25 bits per heavy atom. The molecule has 0 fully saturated rings. The lowest BCUT2D eigenvalue weighted by atomic mass is 10.1. The van der Waals surface area contributed by atoms with Crippen molar-refractivity contribution in [3.05, 3.63) is 31.2 Å². The first-order valence-corrected chi connectivity index (χ1v) is 2.34. The van der Waals surface area contributed by atoms with E-state index in [2.05, 4.69) is 13.2 Å². The van der Waals surface area contributed by atoms with Crippen LogP contribution < -0.4 is 0 Å². The van der Waals surface area contributed by atoms with E-state index in [1.807, 2.05) is 6.07 Å². The number of allylic oxidation sites excluding steroid dienone is 2. The molecule has 1 heteroatoms. The van der Waals surface area contributed by atoms with Gasteiger partial charge in [-0.2, -0.15) is 5.26 Å². The first-order valence-electron chi connectivity index (χ1n) is 2.34. The number of nitrogens with zero attached hydrogens (tertiary/aromatic N) is 1. The van der Waals surface area contributed by atoms with E-state index >= 15 is 0 Å². The highest BCUT2D eigenvalue weighted by atomic mass is 14.3. The maximum Gasteiger partial charge on any atom is 0.101 e. The van der Waals surface area contributed by atoms with E-state index in [4.69, 9.17) is 5.26 Å².